The van der Waals surface area contributed by atoms with Gasteiger partial charge in [0.05, 0.1) is 11.4 Å². The summed E-state index contributed by atoms with van der Waals surface area (Å²) in [4.78, 5) is 0. The van der Waals surface area contributed by atoms with Crippen molar-refractivity contribution in [3.8, 4) is 5.69 Å². The molecule has 0 saturated heterocycles. The fourth-order valence-corrected chi connectivity index (χ4v) is 2.43. The molecule has 0 bridgehead atoms. The van der Waals surface area contributed by atoms with Gasteiger partial charge in [-0.3, -0.25) is 0 Å². The van der Waals surface area contributed by atoms with Crippen molar-refractivity contribution in [2.45, 2.75) is 40.7 Å². The van der Waals surface area contributed by atoms with E-state index in [-0.39, 0.29) is 0 Å². The maximum atomic E-state index is 5.72. The first-order valence-corrected chi connectivity index (χ1v) is 6.43. The Bertz CT molecular complexity index is 567. The summed E-state index contributed by atoms with van der Waals surface area (Å²) in [5.41, 5.74) is 12.9. The van der Waals surface area contributed by atoms with Crippen LogP contribution in [0.1, 0.15) is 35.0 Å². The van der Waals surface area contributed by atoms with Crippen molar-refractivity contribution in [3.05, 3.63) is 46.3 Å². The average molecular weight is 243 g/mol. The molecule has 3 nitrogen and oxygen atoms in total. The smallest absolute Gasteiger partial charge is 0.0681 e. The van der Waals surface area contributed by atoms with Gasteiger partial charge in [-0.05, 0) is 49.9 Å². The van der Waals surface area contributed by atoms with Crippen LogP contribution in [-0.2, 0) is 13.0 Å². The average Bonchev–Trinajstić information content (AvgIpc) is 2.65. The van der Waals surface area contributed by atoms with E-state index in [1.807, 2.05) is 4.68 Å². The Morgan fingerprint density at radius 3 is 2.50 bits per heavy atom. The van der Waals surface area contributed by atoms with E-state index < -0.39 is 0 Å². The van der Waals surface area contributed by atoms with Crippen LogP contribution in [0.4, 0.5) is 0 Å². The van der Waals surface area contributed by atoms with Gasteiger partial charge in [-0.2, -0.15) is 5.10 Å². The Hall–Kier alpha value is -1.61. The number of benzene rings is 1. The molecule has 0 fully saturated rings. The van der Waals surface area contributed by atoms with Crippen molar-refractivity contribution in [3.63, 3.8) is 0 Å². The summed E-state index contributed by atoms with van der Waals surface area (Å²) in [7, 11) is 0. The second-order valence-electron chi connectivity index (χ2n) is 4.74. The van der Waals surface area contributed by atoms with Gasteiger partial charge in [-0.1, -0.05) is 19.1 Å². The normalized spacial score (nSPS) is 10.9. The van der Waals surface area contributed by atoms with Gasteiger partial charge in [-0.25, -0.2) is 4.68 Å². The minimum Gasteiger partial charge on any atom is -0.326 e. The second-order valence-corrected chi connectivity index (χ2v) is 4.74. The monoisotopic (exact) mass is 243 g/mol. The van der Waals surface area contributed by atoms with Crippen LogP contribution in [0.25, 0.3) is 5.69 Å². The van der Waals surface area contributed by atoms with E-state index in [4.69, 9.17) is 5.73 Å². The second kappa shape index (κ2) is 4.94. The number of hydrogen-bond acceptors (Lipinski definition) is 2. The molecule has 0 amide bonds. The van der Waals surface area contributed by atoms with Crippen LogP contribution in [0, 0.1) is 20.8 Å². The zero-order valence-electron chi connectivity index (χ0n) is 11.6. The first kappa shape index (κ1) is 12.8. The van der Waals surface area contributed by atoms with Crippen LogP contribution >= 0.6 is 0 Å². The van der Waals surface area contributed by atoms with Gasteiger partial charge < -0.3 is 5.73 Å². The first-order chi connectivity index (χ1) is 8.58. The van der Waals surface area contributed by atoms with Gasteiger partial charge in [0.1, 0.15) is 0 Å². The molecule has 2 aromatic rings. The van der Waals surface area contributed by atoms with Gasteiger partial charge in [0.25, 0.3) is 0 Å². The van der Waals surface area contributed by atoms with E-state index in [0.29, 0.717) is 6.54 Å². The summed E-state index contributed by atoms with van der Waals surface area (Å²) >= 11 is 0. The zero-order chi connectivity index (χ0) is 13.3. The number of nitrogens with zero attached hydrogens (tertiary/aromatic N) is 2. The highest BCUT2D eigenvalue weighted by Crippen LogP contribution is 2.21. The van der Waals surface area contributed by atoms with Gasteiger partial charge in [0.15, 0.2) is 0 Å². The van der Waals surface area contributed by atoms with Crippen LogP contribution in [0.15, 0.2) is 18.2 Å². The maximum absolute atomic E-state index is 5.72. The molecule has 3 heteroatoms. The molecule has 0 aliphatic heterocycles. The van der Waals surface area contributed by atoms with Crippen LogP contribution in [0.3, 0.4) is 0 Å². The van der Waals surface area contributed by atoms with Crippen molar-refractivity contribution in [2.75, 3.05) is 0 Å². The van der Waals surface area contributed by atoms with E-state index in [9.17, 15) is 0 Å². The summed E-state index contributed by atoms with van der Waals surface area (Å²) < 4.78 is 2.04. The number of hydrogen-bond donors (Lipinski definition) is 1. The molecule has 1 aromatic carbocycles. The minimum absolute atomic E-state index is 0.563. The summed E-state index contributed by atoms with van der Waals surface area (Å²) in [5.74, 6) is 0. The summed E-state index contributed by atoms with van der Waals surface area (Å²) in [6, 6.07) is 6.32. The van der Waals surface area contributed by atoms with Crippen molar-refractivity contribution < 1.29 is 0 Å². The van der Waals surface area contributed by atoms with Crippen molar-refractivity contribution in [2.24, 2.45) is 5.73 Å². The van der Waals surface area contributed by atoms with E-state index >= 15 is 0 Å². The molecule has 1 aromatic heterocycles. The fourth-order valence-electron chi connectivity index (χ4n) is 2.43. The number of aryl methyl sites for hydroxylation is 2. The number of nitrogens with two attached hydrogens (primary N) is 1. The molecular weight excluding hydrogens is 222 g/mol. The third-order valence-corrected chi connectivity index (χ3v) is 3.53. The molecule has 0 saturated carbocycles. The third kappa shape index (κ3) is 2.06. The fraction of sp³-hybridized carbons (Fsp3) is 0.400. The highest BCUT2D eigenvalue weighted by atomic mass is 15.3. The van der Waals surface area contributed by atoms with E-state index in [1.165, 1.54) is 16.8 Å². The maximum Gasteiger partial charge on any atom is 0.0681 e. The quantitative estimate of drug-likeness (QED) is 0.901. The Kier molecular flexibility index (Phi) is 3.53. The Balaban J connectivity index is 2.61. The summed E-state index contributed by atoms with van der Waals surface area (Å²) in [6.45, 7) is 9.05. The molecule has 0 aliphatic rings. The van der Waals surface area contributed by atoms with Crippen LogP contribution < -0.4 is 5.73 Å². The zero-order valence-corrected chi connectivity index (χ0v) is 11.6. The van der Waals surface area contributed by atoms with Gasteiger partial charge >= 0.3 is 0 Å². The minimum atomic E-state index is 0.563. The predicted molar refractivity (Wildman–Crippen MR) is 75.0 cm³/mol. The lowest BCUT2D eigenvalue weighted by Gasteiger charge is -2.10. The molecular formula is C15H21N3. The van der Waals surface area contributed by atoms with Crippen LogP contribution in [0.2, 0.25) is 0 Å². The molecule has 96 valence electrons. The topological polar surface area (TPSA) is 43.8 Å². The largest absolute Gasteiger partial charge is 0.326 e. The van der Waals surface area contributed by atoms with Gasteiger partial charge in [0, 0.05) is 12.2 Å². The molecule has 0 atom stereocenters. The van der Waals surface area contributed by atoms with Crippen molar-refractivity contribution in [1.82, 2.24) is 9.78 Å². The van der Waals surface area contributed by atoms with Gasteiger partial charge in [0.2, 0.25) is 0 Å². The van der Waals surface area contributed by atoms with E-state index in [1.54, 1.807) is 0 Å². The number of aromatic nitrogens is 2. The molecule has 0 spiro atoms. The number of rotatable bonds is 3. The SMILES string of the molecule is CCc1c(C)nn(-c2cc(CN)ccc2C)c1C. The summed E-state index contributed by atoms with van der Waals surface area (Å²) in [6.07, 6.45) is 1.02. The van der Waals surface area contributed by atoms with E-state index in [0.717, 1.165) is 23.4 Å². The molecule has 2 N–H and O–H groups in total. The molecule has 0 unspecified atom stereocenters. The highest BCUT2D eigenvalue weighted by molar-refractivity contribution is 5.45. The molecule has 1 heterocycles. The lowest BCUT2D eigenvalue weighted by molar-refractivity contribution is 0.823. The van der Waals surface area contributed by atoms with E-state index in [2.05, 4.69) is 51.0 Å². The lowest BCUT2D eigenvalue weighted by atomic mass is 10.1. The Labute approximate surface area is 109 Å². The Morgan fingerprint density at radius 2 is 1.94 bits per heavy atom. The van der Waals surface area contributed by atoms with Crippen LogP contribution in [0.5, 0.6) is 0 Å². The molecule has 18 heavy (non-hydrogen) atoms. The third-order valence-electron chi connectivity index (χ3n) is 3.53. The summed E-state index contributed by atoms with van der Waals surface area (Å²) in [5, 5.41) is 4.66. The standard InChI is InChI=1S/C15H21N3/c1-5-14-11(3)17-18(12(14)4)15-8-13(9-16)7-6-10(15)2/h6-8H,5,9,16H2,1-4H3. The molecule has 2 rings (SSSR count). The van der Waals surface area contributed by atoms with Crippen LogP contribution in [-0.4, -0.2) is 9.78 Å². The molecule has 0 radical (unpaired) electrons. The molecule has 0 aliphatic carbocycles. The Morgan fingerprint density at radius 1 is 1.22 bits per heavy atom. The van der Waals surface area contributed by atoms with Crippen molar-refractivity contribution in [1.29, 1.82) is 0 Å². The van der Waals surface area contributed by atoms with Crippen molar-refractivity contribution >= 4 is 0 Å². The highest BCUT2D eigenvalue weighted by Gasteiger charge is 2.12. The van der Waals surface area contributed by atoms with Gasteiger partial charge in [-0.15, -0.1) is 0 Å². The first-order valence-electron chi connectivity index (χ1n) is 6.43. The lowest BCUT2D eigenvalue weighted by Crippen LogP contribution is -2.04. The predicted octanol–water partition coefficient (Wildman–Crippen LogP) is 2.82.